The number of terminal acetylenes is 1. The fraction of sp³-hybridized carbons (Fsp3) is 0.556. The van der Waals surface area contributed by atoms with Crippen LogP contribution in [-0.2, 0) is 19.1 Å². The van der Waals surface area contributed by atoms with Gasteiger partial charge < -0.3 is 26.0 Å². The fourth-order valence-electron chi connectivity index (χ4n) is 3.99. The smallest absolute Gasteiger partial charge is 0.408 e. The lowest BCUT2D eigenvalue weighted by Crippen LogP contribution is -2.54. The second-order valence-corrected chi connectivity index (χ2v) is 10.5. The van der Waals surface area contributed by atoms with Gasteiger partial charge in [-0.1, -0.05) is 31.0 Å². The van der Waals surface area contributed by atoms with E-state index in [9.17, 15) is 19.2 Å². The van der Waals surface area contributed by atoms with Crippen LogP contribution in [0.5, 0.6) is 0 Å². The highest BCUT2D eigenvalue weighted by Gasteiger charge is 2.48. The minimum Gasteiger partial charge on any atom is -0.444 e. The summed E-state index contributed by atoms with van der Waals surface area (Å²) in [5, 5.41) is 5.49. The molecule has 36 heavy (non-hydrogen) atoms. The number of rotatable bonds is 10. The summed E-state index contributed by atoms with van der Waals surface area (Å²) in [5.74, 6) is 1.24. The van der Waals surface area contributed by atoms with Crippen LogP contribution in [0.4, 0.5) is 4.79 Å². The maximum absolute atomic E-state index is 14.1. The van der Waals surface area contributed by atoms with E-state index in [1.807, 2.05) is 20.8 Å². The maximum Gasteiger partial charge on any atom is 0.408 e. The Hall–Kier alpha value is -3.54. The van der Waals surface area contributed by atoms with Crippen molar-refractivity contribution in [2.24, 2.45) is 11.7 Å². The number of primary amides is 1. The van der Waals surface area contributed by atoms with Crippen LogP contribution in [-0.4, -0.2) is 52.4 Å². The van der Waals surface area contributed by atoms with E-state index in [2.05, 4.69) is 16.6 Å². The lowest BCUT2D eigenvalue weighted by Gasteiger charge is -2.35. The first-order chi connectivity index (χ1) is 16.7. The predicted molar refractivity (Wildman–Crippen MR) is 136 cm³/mol. The van der Waals surface area contributed by atoms with E-state index >= 15 is 0 Å². The summed E-state index contributed by atoms with van der Waals surface area (Å²) in [5.41, 5.74) is 5.55. The molecule has 0 bridgehead atoms. The van der Waals surface area contributed by atoms with Crippen LogP contribution in [0.3, 0.4) is 0 Å². The highest BCUT2D eigenvalue weighted by molar-refractivity contribution is 5.93. The van der Waals surface area contributed by atoms with Crippen molar-refractivity contribution < 1.29 is 23.9 Å². The minimum atomic E-state index is -1.13. The van der Waals surface area contributed by atoms with Crippen molar-refractivity contribution in [3.8, 4) is 12.3 Å². The van der Waals surface area contributed by atoms with Gasteiger partial charge in [-0.15, -0.1) is 6.42 Å². The van der Waals surface area contributed by atoms with Crippen molar-refractivity contribution in [1.29, 1.82) is 0 Å². The van der Waals surface area contributed by atoms with Crippen LogP contribution >= 0.6 is 0 Å². The molecule has 0 heterocycles. The van der Waals surface area contributed by atoms with Crippen LogP contribution in [0.15, 0.2) is 24.3 Å². The lowest BCUT2D eigenvalue weighted by atomic mass is 9.96. The van der Waals surface area contributed by atoms with Gasteiger partial charge in [0.05, 0.1) is 0 Å². The summed E-state index contributed by atoms with van der Waals surface area (Å²) in [6.07, 6.45) is 5.44. The van der Waals surface area contributed by atoms with Crippen molar-refractivity contribution in [1.82, 2.24) is 15.5 Å². The van der Waals surface area contributed by atoms with Gasteiger partial charge in [0.25, 0.3) is 0 Å². The maximum atomic E-state index is 14.1. The lowest BCUT2D eigenvalue weighted by molar-refractivity contribution is -0.144. The molecule has 0 aliphatic heterocycles. The first-order valence-electron chi connectivity index (χ1n) is 12.2. The molecule has 4 N–H and O–H groups in total. The highest BCUT2D eigenvalue weighted by Crippen LogP contribution is 2.41. The molecule has 2 rings (SSSR count). The van der Waals surface area contributed by atoms with E-state index in [0.29, 0.717) is 17.5 Å². The van der Waals surface area contributed by atoms with Crippen molar-refractivity contribution in [2.45, 2.75) is 90.6 Å². The number of amides is 4. The standard InChI is InChI=1S/C27H38N4O5/c1-8-18-11-9-10-12-19(18)23(24(33)29-16(2)3)31(21-15-17(21)4)25(34)20(13-14-22(28)32)30-26(35)36-27(5,6)7/h1,9-12,16-17,20-21,23H,13-15H2,2-7H3,(H2,28,32)(H,29,33)(H,30,35). The summed E-state index contributed by atoms with van der Waals surface area (Å²) in [4.78, 5) is 53.2. The monoisotopic (exact) mass is 498 g/mol. The van der Waals surface area contributed by atoms with E-state index < -0.39 is 35.6 Å². The topological polar surface area (TPSA) is 131 Å². The molecule has 1 aliphatic carbocycles. The molecule has 0 aromatic heterocycles. The first kappa shape index (κ1) is 28.7. The van der Waals surface area contributed by atoms with E-state index in [1.165, 1.54) is 4.90 Å². The number of alkyl carbamates (subject to hydrolysis) is 1. The zero-order chi connectivity index (χ0) is 27.2. The summed E-state index contributed by atoms with van der Waals surface area (Å²) in [7, 11) is 0. The van der Waals surface area contributed by atoms with Crippen LogP contribution in [0.1, 0.15) is 78.0 Å². The molecule has 0 saturated heterocycles. The Labute approximate surface area is 213 Å². The molecular formula is C27H38N4O5. The Balaban J connectivity index is 2.55. The normalized spacial score (nSPS) is 18.4. The van der Waals surface area contributed by atoms with Crippen molar-refractivity contribution in [2.75, 3.05) is 0 Å². The third-order valence-corrected chi connectivity index (χ3v) is 5.72. The average Bonchev–Trinajstić information content (AvgIpc) is 3.48. The Bertz CT molecular complexity index is 1020. The van der Waals surface area contributed by atoms with Gasteiger partial charge in [-0.05, 0) is 65.0 Å². The quantitative estimate of drug-likeness (QED) is 0.427. The second-order valence-electron chi connectivity index (χ2n) is 10.5. The first-order valence-corrected chi connectivity index (χ1v) is 12.2. The third-order valence-electron chi connectivity index (χ3n) is 5.72. The molecule has 4 amide bonds. The highest BCUT2D eigenvalue weighted by atomic mass is 16.6. The second kappa shape index (κ2) is 11.9. The number of hydrogen-bond donors (Lipinski definition) is 3. The molecule has 9 nitrogen and oxygen atoms in total. The number of nitrogens with one attached hydrogen (secondary N) is 2. The van der Waals surface area contributed by atoms with Gasteiger partial charge in [-0.25, -0.2) is 4.79 Å². The van der Waals surface area contributed by atoms with E-state index in [0.717, 1.165) is 0 Å². The number of nitrogens with zero attached hydrogens (tertiary/aromatic N) is 1. The Morgan fingerprint density at radius 3 is 2.31 bits per heavy atom. The van der Waals surface area contributed by atoms with Gasteiger partial charge >= 0.3 is 6.09 Å². The molecule has 4 atom stereocenters. The van der Waals surface area contributed by atoms with Gasteiger partial charge in [0.2, 0.25) is 17.7 Å². The van der Waals surface area contributed by atoms with Crippen molar-refractivity contribution in [3.05, 3.63) is 35.4 Å². The van der Waals surface area contributed by atoms with Crippen LogP contribution in [0.25, 0.3) is 0 Å². The zero-order valence-electron chi connectivity index (χ0n) is 22.0. The number of benzene rings is 1. The molecule has 1 aliphatic rings. The van der Waals surface area contributed by atoms with Crippen molar-refractivity contribution >= 4 is 23.8 Å². The minimum absolute atomic E-state index is 0.0414. The summed E-state index contributed by atoms with van der Waals surface area (Å²) < 4.78 is 5.34. The summed E-state index contributed by atoms with van der Waals surface area (Å²) >= 11 is 0. The SMILES string of the molecule is C#Cc1ccccc1C(C(=O)NC(C)C)N(C(=O)C(CCC(N)=O)NC(=O)OC(C)(C)C)C1CC1C. The molecule has 0 spiro atoms. The molecule has 1 saturated carbocycles. The Morgan fingerprint density at radius 2 is 1.81 bits per heavy atom. The molecular weight excluding hydrogens is 460 g/mol. The van der Waals surface area contributed by atoms with Gasteiger partial charge in [0.15, 0.2) is 0 Å². The number of ether oxygens (including phenoxy) is 1. The molecule has 196 valence electrons. The zero-order valence-corrected chi connectivity index (χ0v) is 22.0. The molecule has 1 aromatic carbocycles. The Kier molecular flexibility index (Phi) is 9.51. The average molecular weight is 499 g/mol. The summed E-state index contributed by atoms with van der Waals surface area (Å²) in [6.45, 7) is 10.7. The van der Waals surface area contributed by atoms with Crippen LogP contribution in [0, 0.1) is 18.3 Å². The molecule has 9 heteroatoms. The molecule has 4 unspecified atom stereocenters. The van der Waals surface area contributed by atoms with Crippen LogP contribution < -0.4 is 16.4 Å². The Morgan fingerprint density at radius 1 is 1.19 bits per heavy atom. The molecule has 0 radical (unpaired) electrons. The van der Waals surface area contributed by atoms with Gasteiger partial charge in [0, 0.05) is 24.1 Å². The third kappa shape index (κ3) is 8.01. The van der Waals surface area contributed by atoms with Gasteiger partial charge in [-0.2, -0.15) is 0 Å². The fourth-order valence-corrected chi connectivity index (χ4v) is 3.99. The number of nitrogens with two attached hydrogens (primary N) is 1. The van der Waals surface area contributed by atoms with E-state index in [4.69, 9.17) is 16.9 Å². The van der Waals surface area contributed by atoms with Crippen molar-refractivity contribution in [3.63, 3.8) is 0 Å². The number of carbonyl (C=O) groups is 4. The van der Waals surface area contributed by atoms with E-state index in [-0.39, 0.29) is 36.8 Å². The number of hydrogen-bond acceptors (Lipinski definition) is 5. The van der Waals surface area contributed by atoms with Crippen LogP contribution in [0.2, 0.25) is 0 Å². The predicted octanol–water partition coefficient (Wildman–Crippen LogP) is 2.63. The van der Waals surface area contributed by atoms with E-state index in [1.54, 1.807) is 45.0 Å². The summed E-state index contributed by atoms with van der Waals surface area (Å²) in [6, 6.07) is 4.38. The number of carbonyl (C=O) groups excluding carboxylic acids is 4. The van der Waals surface area contributed by atoms with Gasteiger partial charge in [0.1, 0.15) is 17.7 Å². The van der Waals surface area contributed by atoms with Gasteiger partial charge in [-0.3, -0.25) is 14.4 Å². The molecule has 1 fully saturated rings. The largest absolute Gasteiger partial charge is 0.444 e. The molecule has 1 aromatic rings.